The summed E-state index contributed by atoms with van der Waals surface area (Å²) in [7, 11) is 1.56. The van der Waals surface area contributed by atoms with E-state index in [1.54, 1.807) is 30.2 Å². The van der Waals surface area contributed by atoms with Gasteiger partial charge in [0.2, 0.25) is 5.95 Å². The summed E-state index contributed by atoms with van der Waals surface area (Å²) in [4.78, 5) is 35.3. The van der Waals surface area contributed by atoms with Crippen molar-refractivity contribution in [1.82, 2.24) is 24.1 Å². The molecule has 29 heavy (non-hydrogen) atoms. The molecule has 2 N–H and O–H groups in total. The molecule has 0 amide bonds. The number of aryl methyl sites for hydroxylation is 2. The minimum Gasteiger partial charge on any atom is -0.298 e. The molecule has 1 aromatic carbocycles. The molecule has 0 aliphatic rings. The molecule has 0 saturated heterocycles. The van der Waals surface area contributed by atoms with Gasteiger partial charge in [0.15, 0.2) is 11.2 Å². The van der Waals surface area contributed by atoms with Gasteiger partial charge in [0.1, 0.15) is 0 Å². The zero-order valence-corrected chi connectivity index (χ0v) is 16.0. The number of nitrogens with one attached hydrogen (secondary N) is 2. The Morgan fingerprint density at radius 1 is 1.21 bits per heavy atom. The largest absolute Gasteiger partial charge is 0.329 e. The minimum atomic E-state index is -0.520. The van der Waals surface area contributed by atoms with Crippen LogP contribution in [0.25, 0.3) is 11.2 Å². The quantitative estimate of drug-likeness (QED) is 0.398. The SMILES string of the molecule is Cc1ccc(Cn2c(NN=Cc3cccnc3)nc3c2c(=O)[nH]c(=O)n3C)cc1. The number of hydrogen-bond donors (Lipinski definition) is 2. The van der Waals surface area contributed by atoms with Crippen molar-refractivity contribution in [3.63, 3.8) is 0 Å². The zero-order chi connectivity index (χ0) is 20.4. The van der Waals surface area contributed by atoms with Crippen LogP contribution in [-0.4, -0.2) is 30.3 Å². The third kappa shape index (κ3) is 3.70. The summed E-state index contributed by atoms with van der Waals surface area (Å²) >= 11 is 0. The van der Waals surface area contributed by atoms with E-state index in [2.05, 4.69) is 25.5 Å². The molecule has 0 unspecified atom stereocenters. The fraction of sp³-hybridized carbons (Fsp3) is 0.150. The predicted molar refractivity (Wildman–Crippen MR) is 111 cm³/mol. The van der Waals surface area contributed by atoms with Gasteiger partial charge in [-0.15, -0.1) is 0 Å². The van der Waals surface area contributed by atoms with Crippen LogP contribution in [0.15, 0.2) is 63.5 Å². The van der Waals surface area contributed by atoms with Crippen molar-refractivity contribution in [3.8, 4) is 0 Å². The maximum Gasteiger partial charge on any atom is 0.329 e. The average Bonchev–Trinajstić information content (AvgIpc) is 3.08. The molecule has 4 rings (SSSR count). The second-order valence-corrected chi connectivity index (χ2v) is 6.65. The topological polar surface area (TPSA) is 110 Å². The molecule has 9 nitrogen and oxygen atoms in total. The lowest BCUT2D eigenvalue weighted by molar-refractivity contribution is 0.808. The molecular weight excluding hydrogens is 370 g/mol. The lowest BCUT2D eigenvalue weighted by Gasteiger charge is -2.08. The molecule has 0 radical (unpaired) electrons. The third-order valence-electron chi connectivity index (χ3n) is 4.53. The molecule has 0 saturated carbocycles. The first kappa shape index (κ1) is 18.4. The van der Waals surface area contributed by atoms with E-state index in [0.717, 1.165) is 16.7 Å². The molecule has 0 aliphatic heterocycles. The Balaban J connectivity index is 1.79. The van der Waals surface area contributed by atoms with E-state index in [-0.39, 0.29) is 5.65 Å². The monoisotopic (exact) mass is 389 g/mol. The van der Waals surface area contributed by atoms with Crippen LogP contribution in [0.4, 0.5) is 5.95 Å². The molecule has 0 bridgehead atoms. The van der Waals surface area contributed by atoms with Gasteiger partial charge in [0.25, 0.3) is 5.56 Å². The highest BCUT2D eigenvalue weighted by Gasteiger charge is 2.17. The van der Waals surface area contributed by atoms with Crippen LogP contribution >= 0.6 is 0 Å². The van der Waals surface area contributed by atoms with Crippen molar-refractivity contribution in [1.29, 1.82) is 0 Å². The average molecular weight is 389 g/mol. The van der Waals surface area contributed by atoms with Gasteiger partial charge in [-0.25, -0.2) is 10.2 Å². The van der Waals surface area contributed by atoms with Crippen LogP contribution < -0.4 is 16.7 Å². The van der Waals surface area contributed by atoms with Crippen LogP contribution in [0, 0.1) is 6.92 Å². The van der Waals surface area contributed by atoms with Gasteiger partial charge in [-0.2, -0.15) is 10.1 Å². The lowest BCUT2D eigenvalue weighted by Crippen LogP contribution is -2.29. The van der Waals surface area contributed by atoms with Crippen molar-refractivity contribution in [2.24, 2.45) is 12.1 Å². The smallest absolute Gasteiger partial charge is 0.298 e. The van der Waals surface area contributed by atoms with Crippen LogP contribution in [0.1, 0.15) is 16.7 Å². The Bertz CT molecular complexity index is 1300. The van der Waals surface area contributed by atoms with Crippen LogP contribution in [-0.2, 0) is 13.6 Å². The summed E-state index contributed by atoms with van der Waals surface area (Å²) < 4.78 is 3.01. The standard InChI is InChI=1S/C20H19N7O2/c1-13-5-7-14(8-6-13)12-27-16-17(26(2)20(29)24-18(16)28)23-19(27)25-22-11-15-4-3-9-21-10-15/h3-11H,12H2,1-2H3,(H,23,25)(H,24,28,29). The Hall–Kier alpha value is -4.01. The molecular formula is C20H19N7O2. The normalized spacial score (nSPS) is 11.4. The van der Waals surface area contributed by atoms with Gasteiger partial charge < -0.3 is 0 Å². The molecule has 0 aliphatic carbocycles. The van der Waals surface area contributed by atoms with Gasteiger partial charge in [0, 0.05) is 25.0 Å². The van der Waals surface area contributed by atoms with Crippen LogP contribution in [0.3, 0.4) is 0 Å². The van der Waals surface area contributed by atoms with E-state index in [9.17, 15) is 9.59 Å². The van der Waals surface area contributed by atoms with Crippen LogP contribution in [0.5, 0.6) is 0 Å². The number of pyridine rings is 1. The Labute approximate surface area is 165 Å². The second kappa shape index (κ2) is 7.55. The van der Waals surface area contributed by atoms with Gasteiger partial charge in [-0.3, -0.25) is 23.9 Å². The first-order chi connectivity index (χ1) is 14.0. The summed E-state index contributed by atoms with van der Waals surface area (Å²) in [5, 5.41) is 4.21. The van der Waals surface area contributed by atoms with E-state index in [1.165, 1.54) is 4.57 Å². The Kier molecular flexibility index (Phi) is 4.78. The lowest BCUT2D eigenvalue weighted by atomic mass is 10.1. The molecule has 146 valence electrons. The maximum atomic E-state index is 12.5. The minimum absolute atomic E-state index is 0.282. The first-order valence-corrected chi connectivity index (χ1v) is 8.97. The number of anilines is 1. The van der Waals surface area contributed by atoms with Crippen LogP contribution in [0.2, 0.25) is 0 Å². The Morgan fingerprint density at radius 3 is 2.72 bits per heavy atom. The van der Waals surface area contributed by atoms with Gasteiger partial charge in [-0.1, -0.05) is 35.9 Å². The van der Waals surface area contributed by atoms with Gasteiger partial charge >= 0.3 is 5.69 Å². The molecule has 4 aromatic rings. The highest BCUT2D eigenvalue weighted by molar-refractivity contribution is 5.80. The van der Waals surface area contributed by atoms with Crippen molar-refractivity contribution < 1.29 is 0 Å². The number of aromatic amines is 1. The summed E-state index contributed by atoms with van der Waals surface area (Å²) in [6, 6.07) is 11.6. The molecule has 0 atom stereocenters. The fourth-order valence-electron chi connectivity index (χ4n) is 2.97. The van der Waals surface area contributed by atoms with Crippen molar-refractivity contribution in [3.05, 3.63) is 86.3 Å². The highest BCUT2D eigenvalue weighted by Crippen LogP contribution is 2.18. The molecule has 3 heterocycles. The first-order valence-electron chi connectivity index (χ1n) is 8.97. The molecule has 3 aromatic heterocycles. The Morgan fingerprint density at radius 2 is 2.00 bits per heavy atom. The summed E-state index contributed by atoms with van der Waals surface area (Å²) in [5.41, 5.74) is 5.39. The number of aromatic nitrogens is 5. The van der Waals surface area contributed by atoms with E-state index >= 15 is 0 Å². The van der Waals surface area contributed by atoms with E-state index < -0.39 is 11.2 Å². The third-order valence-corrected chi connectivity index (χ3v) is 4.53. The molecule has 0 fully saturated rings. The number of nitrogens with zero attached hydrogens (tertiary/aromatic N) is 5. The number of hydrazone groups is 1. The van der Waals surface area contributed by atoms with E-state index in [4.69, 9.17) is 0 Å². The number of fused-ring (bicyclic) bond motifs is 1. The number of rotatable bonds is 5. The predicted octanol–water partition coefficient (Wildman–Crippen LogP) is 1.62. The van der Waals surface area contributed by atoms with Crippen molar-refractivity contribution >= 4 is 23.3 Å². The highest BCUT2D eigenvalue weighted by atomic mass is 16.2. The number of H-pyrrole nitrogens is 1. The molecule has 0 spiro atoms. The van der Waals surface area contributed by atoms with E-state index in [1.807, 2.05) is 43.3 Å². The number of imidazole rings is 1. The second-order valence-electron chi connectivity index (χ2n) is 6.65. The van der Waals surface area contributed by atoms with Crippen molar-refractivity contribution in [2.45, 2.75) is 13.5 Å². The van der Waals surface area contributed by atoms with Crippen molar-refractivity contribution in [2.75, 3.05) is 5.43 Å². The zero-order valence-electron chi connectivity index (χ0n) is 16.0. The summed E-state index contributed by atoms with van der Waals surface area (Å²) in [6.07, 6.45) is 4.96. The number of hydrogen-bond acceptors (Lipinski definition) is 6. The van der Waals surface area contributed by atoms with Gasteiger partial charge in [0.05, 0.1) is 12.8 Å². The summed E-state index contributed by atoms with van der Waals surface area (Å²) in [5.74, 6) is 0.354. The fourth-order valence-corrected chi connectivity index (χ4v) is 2.97. The van der Waals surface area contributed by atoms with Gasteiger partial charge in [-0.05, 0) is 18.6 Å². The van der Waals surface area contributed by atoms with E-state index in [0.29, 0.717) is 18.0 Å². The number of benzene rings is 1. The summed E-state index contributed by atoms with van der Waals surface area (Å²) in [6.45, 7) is 2.40. The maximum absolute atomic E-state index is 12.5. The molecule has 9 heteroatoms.